The van der Waals surface area contributed by atoms with Crippen molar-refractivity contribution in [3.05, 3.63) is 92.8 Å². The van der Waals surface area contributed by atoms with Gasteiger partial charge in [-0.2, -0.15) is 0 Å². The number of carbonyl (C=O) groups is 1. The maximum Gasteiger partial charge on any atom is 0.273 e. The number of imidazole rings is 1. The summed E-state index contributed by atoms with van der Waals surface area (Å²) >= 11 is 7.09. The van der Waals surface area contributed by atoms with Crippen LogP contribution < -0.4 is 10.9 Å². The first kappa shape index (κ1) is 18.1. The van der Waals surface area contributed by atoms with Crippen LogP contribution >= 0.6 is 22.9 Å². The number of carbonyl (C=O) groups excluding carboxylic acids is 1. The van der Waals surface area contributed by atoms with Crippen molar-refractivity contribution < 1.29 is 4.79 Å². The number of amides is 1. The van der Waals surface area contributed by atoms with Crippen LogP contribution in [0.3, 0.4) is 0 Å². The molecule has 0 radical (unpaired) electrons. The molecular weight excluding hydrogens is 398 g/mol. The number of aromatic nitrogens is 4. The van der Waals surface area contributed by atoms with Gasteiger partial charge in [0.1, 0.15) is 0 Å². The summed E-state index contributed by atoms with van der Waals surface area (Å²) in [4.78, 5) is 32.6. The molecule has 0 spiro atoms. The highest BCUT2D eigenvalue weighted by Crippen LogP contribution is 2.21. The summed E-state index contributed by atoms with van der Waals surface area (Å²) in [5, 5.41) is 2.82. The first-order valence-electron chi connectivity index (χ1n) is 8.30. The lowest BCUT2D eigenvalue weighted by molar-refractivity contribution is 0.0954. The van der Waals surface area contributed by atoms with E-state index in [4.69, 9.17) is 11.6 Å². The van der Waals surface area contributed by atoms with Gasteiger partial charge in [0.15, 0.2) is 0 Å². The van der Waals surface area contributed by atoms with Crippen LogP contribution in [0, 0.1) is 0 Å². The summed E-state index contributed by atoms with van der Waals surface area (Å²) in [6.45, 7) is 0.311. The van der Waals surface area contributed by atoms with Gasteiger partial charge in [-0.25, -0.2) is 4.98 Å². The van der Waals surface area contributed by atoms with E-state index in [2.05, 4.69) is 15.3 Å². The lowest BCUT2D eigenvalue weighted by atomic mass is 10.2. The molecule has 0 aliphatic rings. The van der Waals surface area contributed by atoms with Gasteiger partial charge >= 0.3 is 0 Å². The maximum atomic E-state index is 12.1. The Morgan fingerprint density at radius 1 is 1.14 bits per heavy atom. The van der Waals surface area contributed by atoms with Gasteiger partial charge in [0.2, 0.25) is 0 Å². The average Bonchev–Trinajstić information content (AvgIpc) is 3.36. The molecule has 0 fully saturated rings. The zero-order valence-corrected chi connectivity index (χ0v) is 16.0. The largest absolute Gasteiger partial charge is 0.346 e. The highest BCUT2D eigenvalue weighted by molar-refractivity contribution is 7.17. The summed E-state index contributed by atoms with van der Waals surface area (Å²) < 4.78 is 3.94. The fourth-order valence-corrected chi connectivity index (χ4v) is 3.60. The molecule has 4 aromatic rings. The Balaban J connectivity index is 1.45. The fourth-order valence-electron chi connectivity index (χ4n) is 2.64. The van der Waals surface area contributed by atoms with Crippen LogP contribution in [0.25, 0.3) is 11.4 Å². The van der Waals surface area contributed by atoms with Crippen LogP contribution in [-0.2, 0) is 6.54 Å². The molecule has 0 aliphatic heterocycles. The molecule has 3 aromatic heterocycles. The molecule has 7 nitrogen and oxygen atoms in total. The van der Waals surface area contributed by atoms with Gasteiger partial charge in [-0.1, -0.05) is 11.6 Å². The van der Waals surface area contributed by atoms with Crippen LogP contribution in [0.5, 0.6) is 0 Å². The Morgan fingerprint density at radius 2 is 1.93 bits per heavy atom. The van der Waals surface area contributed by atoms with Crippen molar-refractivity contribution in [1.29, 1.82) is 0 Å². The SMILES string of the molecule is O=C(NCc1cn(-c2ccc(-n3ccncc3=O)cc2)cn1)c1ccc(Cl)s1. The smallest absolute Gasteiger partial charge is 0.273 e. The van der Waals surface area contributed by atoms with E-state index in [-0.39, 0.29) is 11.5 Å². The van der Waals surface area contributed by atoms with Crippen LogP contribution in [-0.4, -0.2) is 25.0 Å². The topological polar surface area (TPSA) is 81.8 Å². The van der Waals surface area contributed by atoms with Crippen molar-refractivity contribution in [2.24, 2.45) is 0 Å². The molecule has 1 aromatic carbocycles. The molecule has 1 amide bonds. The van der Waals surface area contributed by atoms with Crippen molar-refractivity contribution in [2.45, 2.75) is 6.54 Å². The van der Waals surface area contributed by atoms with Crippen molar-refractivity contribution >= 4 is 28.8 Å². The highest BCUT2D eigenvalue weighted by atomic mass is 35.5. The van der Waals surface area contributed by atoms with E-state index in [1.165, 1.54) is 22.1 Å². The normalized spacial score (nSPS) is 10.8. The number of hydrogen-bond acceptors (Lipinski definition) is 5. The van der Waals surface area contributed by atoms with E-state index in [9.17, 15) is 9.59 Å². The van der Waals surface area contributed by atoms with E-state index < -0.39 is 0 Å². The van der Waals surface area contributed by atoms with Gasteiger partial charge in [0, 0.05) is 30.0 Å². The van der Waals surface area contributed by atoms with E-state index in [0.29, 0.717) is 15.8 Å². The molecule has 0 atom stereocenters. The molecule has 28 heavy (non-hydrogen) atoms. The average molecular weight is 412 g/mol. The minimum atomic E-state index is -0.192. The summed E-state index contributed by atoms with van der Waals surface area (Å²) in [5.41, 5.74) is 2.17. The summed E-state index contributed by atoms with van der Waals surface area (Å²) in [6.07, 6.45) is 7.98. The Hall–Kier alpha value is -3.23. The number of benzene rings is 1. The molecule has 0 aliphatic carbocycles. The lowest BCUT2D eigenvalue weighted by Gasteiger charge is -2.06. The minimum Gasteiger partial charge on any atom is -0.346 e. The lowest BCUT2D eigenvalue weighted by Crippen LogP contribution is -2.21. The van der Waals surface area contributed by atoms with Crippen LogP contribution in [0.4, 0.5) is 0 Å². The molecule has 0 bridgehead atoms. The Bertz CT molecular complexity index is 1180. The highest BCUT2D eigenvalue weighted by Gasteiger charge is 2.09. The first-order chi connectivity index (χ1) is 13.6. The molecule has 1 N–H and O–H groups in total. The molecule has 0 unspecified atom stereocenters. The Labute approximate surface area is 168 Å². The Kier molecular flexibility index (Phi) is 5.05. The fraction of sp³-hybridized carbons (Fsp3) is 0.0526. The van der Waals surface area contributed by atoms with E-state index in [1.807, 2.05) is 35.0 Å². The summed E-state index contributed by atoms with van der Waals surface area (Å²) in [5.74, 6) is -0.182. The third-order valence-electron chi connectivity index (χ3n) is 4.01. The number of hydrogen-bond donors (Lipinski definition) is 1. The molecular formula is C19H14ClN5O2S. The molecule has 140 valence electrons. The van der Waals surface area contributed by atoms with Gasteiger partial charge in [-0.05, 0) is 36.4 Å². The molecule has 0 saturated carbocycles. The van der Waals surface area contributed by atoms with Crippen LogP contribution in [0.15, 0.2) is 72.3 Å². The number of nitrogens with one attached hydrogen (secondary N) is 1. The van der Waals surface area contributed by atoms with Crippen molar-refractivity contribution in [3.8, 4) is 11.4 Å². The second-order valence-electron chi connectivity index (χ2n) is 5.86. The summed E-state index contributed by atoms with van der Waals surface area (Å²) in [6, 6.07) is 10.9. The number of nitrogens with zero attached hydrogens (tertiary/aromatic N) is 4. The predicted molar refractivity (Wildman–Crippen MR) is 107 cm³/mol. The van der Waals surface area contributed by atoms with Gasteiger partial charge in [-0.3, -0.25) is 19.1 Å². The molecule has 0 saturated heterocycles. The monoisotopic (exact) mass is 411 g/mol. The van der Waals surface area contributed by atoms with Gasteiger partial charge in [0.05, 0.1) is 34.0 Å². The van der Waals surface area contributed by atoms with Gasteiger partial charge in [0.25, 0.3) is 11.5 Å². The van der Waals surface area contributed by atoms with Crippen LogP contribution in [0.2, 0.25) is 4.34 Å². The molecule has 4 rings (SSSR count). The zero-order chi connectivity index (χ0) is 19.5. The van der Waals surface area contributed by atoms with Crippen molar-refractivity contribution in [1.82, 2.24) is 24.4 Å². The summed E-state index contributed by atoms with van der Waals surface area (Å²) in [7, 11) is 0. The Morgan fingerprint density at radius 3 is 2.64 bits per heavy atom. The van der Waals surface area contributed by atoms with E-state index in [0.717, 1.165) is 17.1 Å². The van der Waals surface area contributed by atoms with Gasteiger partial charge in [-0.15, -0.1) is 11.3 Å². The van der Waals surface area contributed by atoms with E-state index >= 15 is 0 Å². The van der Waals surface area contributed by atoms with Crippen LogP contribution in [0.1, 0.15) is 15.4 Å². The number of thiophene rings is 1. The second kappa shape index (κ2) is 7.79. The molecule has 3 heterocycles. The quantitative estimate of drug-likeness (QED) is 0.547. The predicted octanol–water partition coefficient (Wildman–Crippen LogP) is 3.06. The minimum absolute atomic E-state index is 0.182. The second-order valence-corrected chi connectivity index (χ2v) is 7.57. The standard InChI is InChI=1S/C19H14ClN5O2S/c20-17-6-5-16(28-17)19(27)22-9-13-11-24(12-23-13)14-1-3-15(4-2-14)25-8-7-21-10-18(25)26/h1-8,10-12H,9H2,(H,22,27). The number of rotatable bonds is 5. The van der Waals surface area contributed by atoms with Crippen molar-refractivity contribution in [3.63, 3.8) is 0 Å². The third kappa shape index (κ3) is 3.88. The van der Waals surface area contributed by atoms with Gasteiger partial charge < -0.3 is 9.88 Å². The zero-order valence-electron chi connectivity index (χ0n) is 14.4. The van der Waals surface area contributed by atoms with Crippen molar-refractivity contribution in [2.75, 3.05) is 0 Å². The number of halogens is 1. The maximum absolute atomic E-state index is 12.1. The third-order valence-corrected chi connectivity index (χ3v) is 5.24. The van der Waals surface area contributed by atoms with E-state index in [1.54, 1.807) is 30.9 Å². The first-order valence-corrected chi connectivity index (χ1v) is 9.49. The molecule has 9 heteroatoms.